The van der Waals surface area contributed by atoms with Crippen LogP contribution in [-0.2, 0) is 11.3 Å². The zero-order chi connectivity index (χ0) is 19.9. The number of anilines is 2. The first-order valence-corrected chi connectivity index (χ1v) is 10.6. The number of benzene rings is 2. The van der Waals surface area contributed by atoms with Gasteiger partial charge in [0.15, 0.2) is 0 Å². The summed E-state index contributed by atoms with van der Waals surface area (Å²) in [5, 5.41) is 10.1. The van der Waals surface area contributed by atoms with Gasteiger partial charge in [0.25, 0.3) is 0 Å². The van der Waals surface area contributed by atoms with Crippen molar-refractivity contribution < 1.29 is 4.74 Å². The zero-order valence-corrected chi connectivity index (χ0v) is 17.2. The molecule has 0 aliphatic heterocycles. The van der Waals surface area contributed by atoms with Crippen molar-refractivity contribution in [3.63, 3.8) is 0 Å². The molecule has 6 heteroatoms. The number of hydrogen-bond acceptors (Lipinski definition) is 6. The summed E-state index contributed by atoms with van der Waals surface area (Å²) >= 11 is 1.65. The molecule has 0 saturated heterocycles. The number of nitrogens with one attached hydrogen (secondary N) is 2. The van der Waals surface area contributed by atoms with Gasteiger partial charge in [-0.1, -0.05) is 60.7 Å². The summed E-state index contributed by atoms with van der Waals surface area (Å²) in [5.41, 5.74) is 3.54. The van der Waals surface area contributed by atoms with Crippen molar-refractivity contribution in [2.24, 2.45) is 0 Å². The van der Waals surface area contributed by atoms with Gasteiger partial charge in [-0.3, -0.25) is 0 Å². The third-order valence-electron chi connectivity index (χ3n) is 4.63. The summed E-state index contributed by atoms with van der Waals surface area (Å²) < 4.78 is 5.12. The Kier molecular flexibility index (Phi) is 6.34. The van der Waals surface area contributed by atoms with Crippen LogP contribution in [0.25, 0.3) is 21.3 Å². The topological polar surface area (TPSA) is 59.1 Å². The molecule has 4 rings (SSSR count). The van der Waals surface area contributed by atoms with Crippen LogP contribution in [0, 0.1) is 0 Å². The SMILES string of the molecule is COCCCNc1nc(NCc2ccccc2)c2c(-c3ccccc3)csc2n1. The Bertz CT molecular complexity index is 1050. The number of hydrogen-bond donors (Lipinski definition) is 2. The lowest BCUT2D eigenvalue weighted by Gasteiger charge is -2.12. The number of thiophene rings is 1. The van der Waals surface area contributed by atoms with Crippen molar-refractivity contribution in [3.8, 4) is 11.1 Å². The van der Waals surface area contributed by atoms with E-state index in [4.69, 9.17) is 14.7 Å². The van der Waals surface area contributed by atoms with E-state index in [0.29, 0.717) is 19.1 Å². The van der Waals surface area contributed by atoms with Crippen molar-refractivity contribution >= 4 is 33.3 Å². The first kappa shape index (κ1) is 19.4. The highest BCUT2D eigenvalue weighted by atomic mass is 32.1. The van der Waals surface area contributed by atoms with Gasteiger partial charge in [0.1, 0.15) is 10.6 Å². The summed E-state index contributed by atoms with van der Waals surface area (Å²) in [4.78, 5) is 10.5. The lowest BCUT2D eigenvalue weighted by molar-refractivity contribution is 0.197. The highest BCUT2D eigenvalue weighted by Crippen LogP contribution is 2.37. The molecular weight excluding hydrogens is 380 g/mol. The quantitative estimate of drug-likeness (QED) is 0.365. The van der Waals surface area contributed by atoms with E-state index in [9.17, 15) is 0 Å². The fourth-order valence-electron chi connectivity index (χ4n) is 3.18. The molecular formula is C23H24N4OS. The van der Waals surface area contributed by atoms with Crippen LogP contribution in [0.3, 0.4) is 0 Å². The predicted molar refractivity (Wildman–Crippen MR) is 122 cm³/mol. The van der Waals surface area contributed by atoms with E-state index in [1.165, 1.54) is 11.1 Å². The number of rotatable bonds is 9. The smallest absolute Gasteiger partial charge is 0.226 e. The van der Waals surface area contributed by atoms with Crippen LogP contribution in [0.1, 0.15) is 12.0 Å². The predicted octanol–water partition coefficient (Wildman–Crippen LogP) is 5.42. The van der Waals surface area contributed by atoms with Gasteiger partial charge in [0.05, 0.1) is 5.39 Å². The number of ether oxygens (including phenoxy) is 1. The maximum Gasteiger partial charge on any atom is 0.226 e. The Hall–Kier alpha value is -2.96. The molecule has 2 heterocycles. The number of nitrogens with zero attached hydrogens (tertiary/aromatic N) is 2. The number of methoxy groups -OCH3 is 1. The molecule has 2 N–H and O–H groups in total. The average Bonchev–Trinajstić information content (AvgIpc) is 3.21. The molecule has 0 unspecified atom stereocenters. The first-order chi connectivity index (χ1) is 14.3. The molecule has 0 fully saturated rings. The lowest BCUT2D eigenvalue weighted by atomic mass is 10.1. The number of aromatic nitrogens is 2. The minimum atomic E-state index is 0.644. The Morgan fingerprint density at radius 2 is 1.69 bits per heavy atom. The summed E-state index contributed by atoms with van der Waals surface area (Å²) in [6, 6.07) is 20.8. The maximum atomic E-state index is 5.12. The van der Waals surface area contributed by atoms with Gasteiger partial charge in [-0.15, -0.1) is 11.3 Å². The van der Waals surface area contributed by atoms with E-state index in [1.54, 1.807) is 18.4 Å². The van der Waals surface area contributed by atoms with Crippen molar-refractivity contribution in [3.05, 3.63) is 71.6 Å². The summed E-state index contributed by atoms with van der Waals surface area (Å²) in [5.74, 6) is 1.50. The Morgan fingerprint density at radius 3 is 2.45 bits per heavy atom. The minimum Gasteiger partial charge on any atom is -0.385 e. The third kappa shape index (κ3) is 4.72. The Labute approximate surface area is 174 Å². The molecule has 0 saturated carbocycles. The molecule has 2 aromatic carbocycles. The van der Waals surface area contributed by atoms with Gasteiger partial charge in [0.2, 0.25) is 5.95 Å². The van der Waals surface area contributed by atoms with Gasteiger partial charge >= 0.3 is 0 Å². The monoisotopic (exact) mass is 404 g/mol. The summed E-state index contributed by atoms with van der Waals surface area (Å²) in [6.07, 6.45) is 0.907. The van der Waals surface area contributed by atoms with Crippen LogP contribution in [-0.4, -0.2) is 30.2 Å². The standard InChI is InChI=1S/C23H24N4OS/c1-28-14-8-13-24-23-26-21(25-15-17-9-4-2-5-10-17)20-19(16-29-22(20)27-23)18-11-6-3-7-12-18/h2-7,9-12,16H,8,13-15H2,1H3,(H2,24,25,26,27). The fourth-order valence-corrected chi connectivity index (χ4v) is 4.12. The van der Waals surface area contributed by atoms with E-state index in [2.05, 4.69) is 64.5 Å². The molecule has 0 aliphatic carbocycles. The van der Waals surface area contributed by atoms with Gasteiger partial charge in [-0.2, -0.15) is 4.98 Å². The second kappa shape index (κ2) is 9.49. The van der Waals surface area contributed by atoms with Crippen molar-refractivity contribution in [1.29, 1.82) is 0 Å². The molecule has 0 radical (unpaired) electrons. The molecule has 0 spiro atoms. The average molecular weight is 405 g/mol. The maximum absolute atomic E-state index is 5.12. The minimum absolute atomic E-state index is 0.644. The largest absolute Gasteiger partial charge is 0.385 e. The normalized spacial score (nSPS) is 10.9. The van der Waals surface area contributed by atoms with E-state index >= 15 is 0 Å². The third-order valence-corrected chi connectivity index (χ3v) is 5.50. The van der Waals surface area contributed by atoms with Gasteiger partial charge in [-0.25, -0.2) is 4.98 Å². The van der Waals surface area contributed by atoms with Crippen LogP contribution < -0.4 is 10.6 Å². The highest BCUT2D eigenvalue weighted by molar-refractivity contribution is 7.17. The molecule has 148 valence electrons. The second-order valence-corrected chi connectivity index (χ2v) is 7.56. The number of fused-ring (bicyclic) bond motifs is 1. The van der Waals surface area contributed by atoms with Crippen LogP contribution in [0.15, 0.2) is 66.0 Å². The first-order valence-electron chi connectivity index (χ1n) is 9.70. The summed E-state index contributed by atoms with van der Waals surface area (Å²) in [7, 11) is 1.71. The van der Waals surface area contributed by atoms with Crippen LogP contribution >= 0.6 is 11.3 Å². The highest BCUT2D eigenvalue weighted by Gasteiger charge is 2.15. The molecule has 0 atom stereocenters. The van der Waals surface area contributed by atoms with E-state index in [0.717, 1.165) is 34.6 Å². The Balaban J connectivity index is 1.68. The van der Waals surface area contributed by atoms with Crippen LogP contribution in [0.5, 0.6) is 0 Å². The summed E-state index contributed by atoms with van der Waals surface area (Å²) in [6.45, 7) is 2.19. The Morgan fingerprint density at radius 1 is 0.931 bits per heavy atom. The molecule has 0 aliphatic rings. The molecule has 2 aromatic heterocycles. The van der Waals surface area contributed by atoms with E-state index in [1.807, 2.05) is 12.1 Å². The lowest BCUT2D eigenvalue weighted by Crippen LogP contribution is -2.10. The van der Waals surface area contributed by atoms with Crippen molar-refractivity contribution in [2.45, 2.75) is 13.0 Å². The van der Waals surface area contributed by atoms with E-state index in [-0.39, 0.29) is 0 Å². The second-order valence-electron chi connectivity index (χ2n) is 6.70. The molecule has 5 nitrogen and oxygen atoms in total. The molecule has 4 aromatic rings. The van der Waals surface area contributed by atoms with Gasteiger partial charge in [0, 0.05) is 37.7 Å². The molecule has 0 bridgehead atoms. The fraction of sp³-hybridized carbons (Fsp3) is 0.217. The van der Waals surface area contributed by atoms with E-state index < -0.39 is 0 Å². The van der Waals surface area contributed by atoms with Gasteiger partial charge < -0.3 is 15.4 Å². The van der Waals surface area contributed by atoms with Crippen molar-refractivity contribution in [2.75, 3.05) is 30.9 Å². The zero-order valence-electron chi connectivity index (χ0n) is 16.4. The van der Waals surface area contributed by atoms with Crippen LogP contribution in [0.4, 0.5) is 11.8 Å². The van der Waals surface area contributed by atoms with Crippen LogP contribution in [0.2, 0.25) is 0 Å². The molecule has 29 heavy (non-hydrogen) atoms. The van der Waals surface area contributed by atoms with Crippen molar-refractivity contribution in [1.82, 2.24) is 9.97 Å². The van der Waals surface area contributed by atoms with Gasteiger partial charge in [-0.05, 0) is 17.5 Å². The molecule has 0 amide bonds.